The number of benzene rings is 1. The first-order valence-electron chi connectivity index (χ1n) is 7.05. The van der Waals surface area contributed by atoms with Gasteiger partial charge in [-0.05, 0) is 56.6 Å². The van der Waals surface area contributed by atoms with Gasteiger partial charge in [-0.2, -0.15) is 0 Å². The molecule has 1 aromatic rings. The van der Waals surface area contributed by atoms with Crippen molar-refractivity contribution < 1.29 is 9.47 Å². The quantitative estimate of drug-likeness (QED) is 0.899. The van der Waals surface area contributed by atoms with E-state index in [1.165, 1.54) is 0 Å². The highest BCUT2D eigenvalue weighted by Gasteiger charge is 2.40. The second kappa shape index (κ2) is 6.66. The molecule has 3 rings (SSSR count). The highest BCUT2D eigenvalue weighted by molar-refractivity contribution is 5.85. The summed E-state index contributed by atoms with van der Waals surface area (Å²) in [6.07, 6.45) is 3.38. The number of hydrogen-bond acceptors (Lipinski definition) is 4. The summed E-state index contributed by atoms with van der Waals surface area (Å²) in [5, 5.41) is 6.96. The number of rotatable bonds is 3. The molecule has 4 nitrogen and oxygen atoms in total. The SMILES string of the molecule is COc1ccc(NC2COC3(CCNCC3)C2)cc1.Cl. The molecular weight excluding hydrogens is 276 g/mol. The number of methoxy groups -OCH3 is 1. The maximum atomic E-state index is 6.08. The molecule has 2 saturated heterocycles. The van der Waals surface area contributed by atoms with E-state index in [0.717, 1.165) is 50.4 Å². The zero-order valence-electron chi connectivity index (χ0n) is 11.9. The van der Waals surface area contributed by atoms with Crippen LogP contribution in [0, 0.1) is 0 Å². The van der Waals surface area contributed by atoms with Gasteiger partial charge in [0.25, 0.3) is 0 Å². The average molecular weight is 299 g/mol. The Morgan fingerprint density at radius 2 is 1.95 bits per heavy atom. The van der Waals surface area contributed by atoms with Gasteiger partial charge in [0.15, 0.2) is 0 Å². The Labute approximate surface area is 126 Å². The van der Waals surface area contributed by atoms with E-state index in [2.05, 4.69) is 22.8 Å². The summed E-state index contributed by atoms with van der Waals surface area (Å²) in [6.45, 7) is 2.97. The molecule has 2 aliphatic rings. The molecule has 0 saturated carbocycles. The Morgan fingerprint density at radius 1 is 1.25 bits per heavy atom. The molecule has 0 aromatic heterocycles. The van der Waals surface area contributed by atoms with Crippen molar-refractivity contribution in [3.63, 3.8) is 0 Å². The maximum absolute atomic E-state index is 6.08. The highest BCUT2D eigenvalue weighted by atomic mass is 35.5. The second-order valence-electron chi connectivity index (χ2n) is 5.52. The Hall–Kier alpha value is -0.970. The number of ether oxygens (including phenoxy) is 2. The van der Waals surface area contributed by atoms with Crippen molar-refractivity contribution in [3.8, 4) is 5.75 Å². The van der Waals surface area contributed by atoms with Crippen LogP contribution in [0.1, 0.15) is 19.3 Å². The summed E-state index contributed by atoms with van der Waals surface area (Å²) < 4.78 is 11.3. The van der Waals surface area contributed by atoms with E-state index in [9.17, 15) is 0 Å². The molecule has 2 N–H and O–H groups in total. The predicted molar refractivity (Wildman–Crippen MR) is 83.1 cm³/mol. The van der Waals surface area contributed by atoms with Crippen LogP contribution in [0.2, 0.25) is 0 Å². The van der Waals surface area contributed by atoms with Gasteiger partial charge >= 0.3 is 0 Å². The molecule has 2 fully saturated rings. The molecule has 20 heavy (non-hydrogen) atoms. The van der Waals surface area contributed by atoms with Crippen molar-refractivity contribution in [2.45, 2.75) is 30.9 Å². The molecule has 1 unspecified atom stereocenters. The summed E-state index contributed by atoms with van der Waals surface area (Å²) in [6, 6.07) is 8.52. The van der Waals surface area contributed by atoms with Crippen molar-refractivity contribution in [1.82, 2.24) is 5.32 Å². The van der Waals surface area contributed by atoms with Crippen LogP contribution in [0.3, 0.4) is 0 Å². The van der Waals surface area contributed by atoms with Gasteiger partial charge in [0.1, 0.15) is 5.75 Å². The van der Waals surface area contributed by atoms with E-state index >= 15 is 0 Å². The van der Waals surface area contributed by atoms with Crippen molar-refractivity contribution in [1.29, 1.82) is 0 Å². The van der Waals surface area contributed by atoms with Crippen LogP contribution < -0.4 is 15.4 Å². The molecule has 0 bridgehead atoms. The Morgan fingerprint density at radius 3 is 2.60 bits per heavy atom. The van der Waals surface area contributed by atoms with Gasteiger partial charge in [-0.3, -0.25) is 0 Å². The highest BCUT2D eigenvalue weighted by Crippen LogP contribution is 2.35. The van der Waals surface area contributed by atoms with Crippen LogP contribution in [-0.2, 0) is 4.74 Å². The smallest absolute Gasteiger partial charge is 0.119 e. The molecule has 1 atom stereocenters. The first kappa shape index (κ1) is 15.4. The largest absolute Gasteiger partial charge is 0.497 e. The number of hydrogen-bond donors (Lipinski definition) is 2. The van der Waals surface area contributed by atoms with Gasteiger partial charge in [-0.1, -0.05) is 0 Å². The van der Waals surface area contributed by atoms with Gasteiger partial charge in [0.05, 0.1) is 25.4 Å². The van der Waals surface area contributed by atoms with Gasteiger partial charge < -0.3 is 20.1 Å². The lowest BCUT2D eigenvalue weighted by molar-refractivity contribution is -0.0192. The lowest BCUT2D eigenvalue weighted by Crippen LogP contribution is -2.41. The molecule has 5 heteroatoms. The zero-order valence-corrected chi connectivity index (χ0v) is 12.7. The third-order valence-corrected chi connectivity index (χ3v) is 4.18. The summed E-state index contributed by atoms with van der Waals surface area (Å²) in [4.78, 5) is 0. The van der Waals surface area contributed by atoms with E-state index in [1.54, 1.807) is 7.11 Å². The topological polar surface area (TPSA) is 42.5 Å². The normalized spacial score (nSPS) is 24.1. The summed E-state index contributed by atoms with van der Waals surface area (Å²) in [5.74, 6) is 0.892. The van der Waals surface area contributed by atoms with Crippen molar-refractivity contribution in [3.05, 3.63) is 24.3 Å². The van der Waals surface area contributed by atoms with Crippen LogP contribution in [0.5, 0.6) is 5.75 Å². The fraction of sp³-hybridized carbons (Fsp3) is 0.600. The van der Waals surface area contributed by atoms with Crippen molar-refractivity contribution >= 4 is 18.1 Å². The number of nitrogens with one attached hydrogen (secondary N) is 2. The monoisotopic (exact) mass is 298 g/mol. The molecule has 2 aliphatic heterocycles. The van der Waals surface area contributed by atoms with E-state index < -0.39 is 0 Å². The minimum atomic E-state index is 0. The number of piperidine rings is 1. The van der Waals surface area contributed by atoms with Crippen LogP contribution in [-0.4, -0.2) is 38.4 Å². The van der Waals surface area contributed by atoms with Gasteiger partial charge in [-0.25, -0.2) is 0 Å². The number of halogens is 1. The van der Waals surface area contributed by atoms with Gasteiger partial charge in [-0.15, -0.1) is 12.4 Å². The van der Waals surface area contributed by atoms with E-state index in [1.807, 2.05) is 12.1 Å². The molecule has 2 heterocycles. The van der Waals surface area contributed by atoms with Gasteiger partial charge in [0, 0.05) is 5.69 Å². The lowest BCUT2D eigenvalue weighted by atomic mass is 9.88. The third kappa shape index (κ3) is 3.37. The Balaban J connectivity index is 0.00000147. The van der Waals surface area contributed by atoms with Crippen LogP contribution in [0.4, 0.5) is 5.69 Å². The molecule has 1 aromatic carbocycles. The molecular formula is C15H23ClN2O2. The fourth-order valence-electron chi connectivity index (χ4n) is 3.09. The molecule has 112 valence electrons. The van der Waals surface area contributed by atoms with Crippen LogP contribution in [0.25, 0.3) is 0 Å². The van der Waals surface area contributed by atoms with Crippen LogP contribution in [0.15, 0.2) is 24.3 Å². The Bertz CT molecular complexity index is 418. The first-order valence-corrected chi connectivity index (χ1v) is 7.05. The van der Waals surface area contributed by atoms with Gasteiger partial charge in [0.2, 0.25) is 0 Å². The molecule has 0 amide bonds. The third-order valence-electron chi connectivity index (χ3n) is 4.18. The standard InChI is InChI=1S/C15H22N2O2.ClH/c1-18-14-4-2-12(3-5-14)17-13-10-15(19-11-13)6-8-16-9-7-15;/h2-5,13,16-17H,6-11H2,1H3;1H. The van der Waals surface area contributed by atoms with Crippen LogP contribution >= 0.6 is 12.4 Å². The summed E-state index contributed by atoms with van der Waals surface area (Å²) in [7, 11) is 1.69. The second-order valence-corrected chi connectivity index (χ2v) is 5.52. The summed E-state index contributed by atoms with van der Waals surface area (Å²) >= 11 is 0. The minimum Gasteiger partial charge on any atom is -0.497 e. The molecule has 0 radical (unpaired) electrons. The average Bonchev–Trinajstić information content (AvgIpc) is 2.83. The van der Waals surface area contributed by atoms with Crippen molar-refractivity contribution in [2.24, 2.45) is 0 Å². The maximum Gasteiger partial charge on any atom is 0.119 e. The first-order chi connectivity index (χ1) is 9.30. The fourth-order valence-corrected chi connectivity index (χ4v) is 3.09. The Kier molecular flexibility index (Phi) is 5.13. The number of anilines is 1. The van der Waals surface area contributed by atoms with E-state index in [4.69, 9.17) is 9.47 Å². The lowest BCUT2D eigenvalue weighted by Gasteiger charge is -2.32. The van der Waals surface area contributed by atoms with Crippen molar-refractivity contribution in [2.75, 3.05) is 32.1 Å². The predicted octanol–water partition coefficient (Wildman–Crippen LogP) is 2.44. The summed E-state index contributed by atoms with van der Waals surface area (Å²) in [5.41, 5.74) is 1.26. The van der Waals surface area contributed by atoms with E-state index in [-0.39, 0.29) is 18.0 Å². The van der Waals surface area contributed by atoms with E-state index in [0.29, 0.717) is 6.04 Å². The zero-order chi connectivity index (χ0) is 13.1. The molecule has 0 aliphatic carbocycles. The molecule has 1 spiro atoms. The minimum absolute atomic E-state index is 0.